The number of hydrogen-bond donors (Lipinski definition) is 1. The van der Waals surface area contributed by atoms with E-state index < -0.39 is 21.5 Å². The molecule has 0 spiro atoms. The Bertz CT molecular complexity index is 304. The second kappa shape index (κ2) is 5.47. The van der Waals surface area contributed by atoms with Gasteiger partial charge in [0.05, 0.1) is 11.7 Å². The zero-order valence-corrected chi connectivity index (χ0v) is 10.9. The maximum absolute atomic E-state index is 11.0. The summed E-state index contributed by atoms with van der Waals surface area (Å²) in [7, 11) is -2.92. The number of aliphatic hydroxyl groups is 1. The van der Waals surface area contributed by atoms with Crippen molar-refractivity contribution in [2.24, 2.45) is 0 Å². The van der Waals surface area contributed by atoms with Crippen LogP contribution in [0.4, 0.5) is 0 Å². The summed E-state index contributed by atoms with van der Waals surface area (Å²) in [5.41, 5.74) is -0.476. The van der Waals surface area contributed by atoms with E-state index in [4.69, 9.17) is 4.74 Å². The molecule has 16 heavy (non-hydrogen) atoms. The fourth-order valence-corrected chi connectivity index (χ4v) is 2.75. The molecule has 4 nitrogen and oxygen atoms in total. The lowest BCUT2D eigenvalue weighted by atomic mass is 9.88. The van der Waals surface area contributed by atoms with E-state index in [9.17, 15) is 13.5 Å². The number of sulfone groups is 1. The van der Waals surface area contributed by atoms with Gasteiger partial charge in [-0.2, -0.15) is 0 Å². The van der Waals surface area contributed by atoms with Crippen molar-refractivity contribution in [3.63, 3.8) is 0 Å². The normalized spacial score (nSPS) is 28.9. The zero-order valence-electron chi connectivity index (χ0n) is 10.1. The Kier molecular flexibility index (Phi) is 4.76. The van der Waals surface area contributed by atoms with E-state index in [0.29, 0.717) is 19.4 Å². The van der Waals surface area contributed by atoms with E-state index in [1.807, 2.05) is 6.92 Å². The van der Waals surface area contributed by atoms with Gasteiger partial charge in [0.15, 0.2) is 0 Å². The molecule has 0 radical (unpaired) electrons. The third-order valence-electron chi connectivity index (χ3n) is 3.20. The quantitative estimate of drug-likeness (QED) is 0.794. The molecule has 0 saturated carbocycles. The van der Waals surface area contributed by atoms with Gasteiger partial charge in [0, 0.05) is 18.6 Å². The molecule has 0 aliphatic carbocycles. The van der Waals surface area contributed by atoms with Gasteiger partial charge in [-0.25, -0.2) is 8.42 Å². The smallest absolute Gasteiger partial charge is 0.147 e. The summed E-state index contributed by atoms with van der Waals surface area (Å²) in [6.45, 7) is 2.61. The van der Waals surface area contributed by atoms with Gasteiger partial charge in [0.1, 0.15) is 9.84 Å². The van der Waals surface area contributed by atoms with Crippen LogP contribution >= 0.6 is 0 Å². The largest absolute Gasteiger partial charge is 0.390 e. The molecule has 1 aliphatic heterocycles. The SMILES string of the molecule is CC1(C(O)CCCS(C)(=O)=O)CCCCO1. The molecule has 2 unspecified atom stereocenters. The first-order valence-corrected chi connectivity index (χ1v) is 7.89. The number of rotatable bonds is 5. The van der Waals surface area contributed by atoms with E-state index in [-0.39, 0.29) is 5.75 Å². The van der Waals surface area contributed by atoms with Crippen LogP contribution in [0.3, 0.4) is 0 Å². The molecule has 0 aromatic heterocycles. The highest BCUT2D eigenvalue weighted by Crippen LogP contribution is 2.29. The lowest BCUT2D eigenvalue weighted by Gasteiger charge is -2.38. The van der Waals surface area contributed by atoms with Gasteiger partial charge < -0.3 is 9.84 Å². The van der Waals surface area contributed by atoms with Crippen molar-refractivity contribution in [3.8, 4) is 0 Å². The van der Waals surface area contributed by atoms with Crippen LogP contribution in [0.1, 0.15) is 39.0 Å². The van der Waals surface area contributed by atoms with E-state index in [2.05, 4.69) is 0 Å². The van der Waals surface area contributed by atoms with E-state index >= 15 is 0 Å². The zero-order chi connectivity index (χ0) is 12.2. The van der Waals surface area contributed by atoms with Crippen molar-refractivity contribution < 1.29 is 18.3 Å². The second-order valence-corrected chi connectivity index (χ2v) is 7.17. The highest BCUT2D eigenvalue weighted by atomic mass is 32.2. The molecule has 1 fully saturated rings. The minimum absolute atomic E-state index is 0.139. The van der Waals surface area contributed by atoms with Crippen molar-refractivity contribution in [2.75, 3.05) is 18.6 Å². The van der Waals surface area contributed by atoms with Gasteiger partial charge in [-0.1, -0.05) is 0 Å². The Morgan fingerprint density at radius 1 is 1.44 bits per heavy atom. The molecule has 96 valence electrons. The van der Waals surface area contributed by atoms with E-state index in [1.54, 1.807) is 0 Å². The van der Waals surface area contributed by atoms with Crippen LogP contribution in [-0.2, 0) is 14.6 Å². The van der Waals surface area contributed by atoms with E-state index in [0.717, 1.165) is 19.3 Å². The van der Waals surface area contributed by atoms with Gasteiger partial charge in [0.2, 0.25) is 0 Å². The lowest BCUT2D eigenvalue weighted by molar-refractivity contribution is -0.138. The van der Waals surface area contributed by atoms with Gasteiger partial charge in [-0.05, 0) is 39.0 Å². The third-order valence-corrected chi connectivity index (χ3v) is 4.23. The van der Waals surface area contributed by atoms with Crippen LogP contribution in [0.2, 0.25) is 0 Å². The standard InChI is InChI=1S/C11H22O4S/c1-11(7-3-4-8-15-11)10(12)6-5-9-16(2,13)14/h10,12H,3-9H2,1-2H3. The van der Waals surface area contributed by atoms with Crippen molar-refractivity contribution in [2.45, 2.75) is 50.7 Å². The van der Waals surface area contributed by atoms with E-state index in [1.165, 1.54) is 6.26 Å². The minimum atomic E-state index is -2.92. The Morgan fingerprint density at radius 3 is 2.62 bits per heavy atom. The topological polar surface area (TPSA) is 63.6 Å². The Labute approximate surface area is 97.9 Å². The second-order valence-electron chi connectivity index (χ2n) is 4.91. The molecule has 1 heterocycles. The predicted molar refractivity (Wildman–Crippen MR) is 63.2 cm³/mol. The molecule has 1 aliphatic rings. The fourth-order valence-electron chi connectivity index (χ4n) is 2.06. The summed E-state index contributed by atoms with van der Waals surface area (Å²) in [6.07, 6.45) is 4.62. The summed E-state index contributed by atoms with van der Waals surface area (Å²) in [6, 6.07) is 0. The maximum Gasteiger partial charge on any atom is 0.147 e. The minimum Gasteiger partial charge on any atom is -0.390 e. The summed E-state index contributed by atoms with van der Waals surface area (Å²) in [5.74, 6) is 0.139. The molecule has 2 atom stereocenters. The monoisotopic (exact) mass is 250 g/mol. The Hall–Kier alpha value is -0.130. The van der Waals surface area contributed by atoms with Gasteiger partial charge in [0.25, 0.3) is 0 Å². The molecular formula is C11H22O4S. The molecule has 1 rings (SSSR count). The van der Waals surface area contributed by atoms with Crippen molar-refractivity contribution in [3.05, 3.63) is 0 Å². The van der Waals surface area contributed by atoms with Gasteiger partial charge in [-0.15, -0.1) is 0 Å². The number of ether oxygens (including phenoxy) is 1. The first-order valence-electron chi connectivity index (χ1n) is 5.83. The van der Waals surface area contributed by atoms with Crippen LogP contribution in [0.25, 0.3) is 0 Å². The number of hydrogen-bond acceptors (Lipinski definition) is 4. The lowest BCUT2D eigenvalue weighted by Crippen LogP contribution is -2.44. The average molecular weight is 250 g/mol. The van der Waals surface area contributed by atoms with Crippen LogP contribution in [0, 0.1) is 0 Å². The molecular weight excluding hydrogens is 228 g/mol. The summed E-state index contributed by atoms with van der Waals surface area (Å²) < 4.78 is 27.5. The highest BCUT2D eigenvalue weighted by molar-refractivity contribution is 7.90. The first-order chi connectivity index (χ1) is 7.33. The summed E-state index contributed by atoms with van der Waals surface area (Å²) >= 11 is 0. The van der Waals surface area contributed by atoms with Crippen LogP contribution < -0.4 is 0 Å². The predicted octanol–water partition coefficient (Wildman–Crippen LogP) is 1.13. The van der Waals surface area contributed by atoms with Gasteiger partial charge >= 0.3 is 0 Å². The average Bonchev–Trinajstić information content (AvgIpc) is 2.16. The Balaban J connectivity index is 2.36. The van der Waals surface area contributed by atoms with Crippen LogP contribution in [-0.4, -0.2) is 43.8 Å². The fraction of sp³-hybridized carbons (Fsp3) is 1.00. The molecule has 0 amide bonds. The van der Waals surface area contributed by atoms with Crippen molar-refractivity contribution >= 4 is 9.84 Å². The summed E-state index contributed by atoms with van der Waals surface area (Å²) in [4.78, 5) is 0. The van der Waals surface area contributed by atoms with Crippen molar-refractivity contribution in [1.29, 1.82) is 0 Å². The van der Waals surface area contributed by atoms with Crippen molar-refractivity contribution in [1.82, 2.24) is 0 Å². The molecule has 1 N–H and O–H groups in total. The molecule has 0 aromatic rings. The highest BCUT2D eigenvalue weighted by Gasteiger charge is 2.35. The van der Waals surface area contributed by atoms with Crippen LogP contribution in [0.5, 0.6) is 0 Å². The summed E-state index contributed by atoms with van der Waals surface area (Å²) in [5, 5.41) is 10.0. The maximum atomic E-state index is 11.0. The first kappa shape index (κ1) is 13.9. The Morgan fingerprint density at radius 2 is 2.12 bits per heavy atom. The molecule has 5 heteroatoms. The third kappa shape index (κ3) is 4.39. The molecule has 0 bridgehead atoms. The molecule has 0 aromatic carbocycles. The van der Waals surface area contributed by atoms with Crippen LogP contribution in [0.15, 0.2) is 0 Å². The number of aliphatic hydroxyl groups excluding tert-OH is 1. The van der Waals surface area contributed by atoms with Gasteiger partial charge in [-0.3, -0.25) is 0 Å². The molecule has 1 saturated heterocycles.